The highest BCUT2D eigenvalue weighted by atomic mass is 16.5. The minimum Gasteiger partial charge on any atom is -0.360 e. The third kappa shape index (κ3) is 2.00. The predicted molar refractivity (Wildman–Crippen MR) is 68.9 cm³/mol. The van der Waals surface area contributed by atoms with Crippen molar-refractivity contribution in [1.29, 1.82) is 0 Å². The number of hydrogen-bond donors (Lipinski definition) is 0. The normalized spacial score (nSPS) is 45.6. The molecule has 2 atom stereocenters. The standard InChI is InChI=1S/C14H23N2O2/c1-15-5-3-11(10-17)7-13(15)18-12-8-14(9-12)4-6-16(14)2/h11-13H,3-9H2,1-2H3. The monoisotopic (exact) mass is 251 g/mol. The summed E-state index contributed by atoms with van der Waals surface area (Å²) < 4.78 is 6.17. The fourth-order valence-electron chi connectivity index (χ4n) is 3.58. The van der Waals surface area contributed by atoms with Crippen LogP contribution in [-0.2, 0) is 9.53 Å². The molecule has 0 aromatic rings. The minimum atomic E-state index is 0.0756. The first kappa shape index (κ1) is 12.6. The second kappa shape index (κ2) is 4.58. The van der Waals surface area contributed by atoms with E-state index in [-0.39, 0.29) is 12.1 Å². The zero-order valence-corrected chi connectivity index (χ0v) is 11.4. The van der Waals surface area contributed by atoms with Crippen molar-refractivity contribution in [2.24, 2.45) is 5.92 Å². The average Bonchev–Trinajstić information content (AvgIpc) is 2.33. The molecule has 2 saturated heterocycles. The summed E-state index contributed by atoms with van der Waals surface area (Å²) in [5.74, 6) is 0.0756. The lowest BCUT2D eigenvalue weighted by molar-refractivity contribution is -0.197. The molecule has 1 radical (unpaired) electrons. The molecule has 2 heterocycles. The van der Waals surface area contributed by atoms with Crippen LogP contribution in [0.4, 0.5) is 0 Å². The number of nitrogens with zero attached hydrogens (tertiary/aromatic N) is 2. The molecule has 0 N–H and O–H groups in total. The van der Waals surface area contributed by atoms with Crippen LogP contribution in [0.2, 0.25) is 0 Å². The van der Waals surface area contributed by atoms with Crippen molar-refractivity contribution in [1.82, 2.24) is 9.80 Å². The maximum Gasteiger partial charge on any atom is 0.201 e. The van der Waals surface area contributed by atoms with E-state index < -0.39 is 0 Å². The Morgan fingerprint density at radius 2 is 2.06 bits per heavy atom. The van der Waals surface area contributed by atoms with Gasteiger partial charge in [-0.1, -0.05) is 0 Å². The van der Waals surface area contributed by atoms with Gasteiger partial charge in [0.2, 0.25) is 6.29 Å². The van der Waals surface area contributed by atoms with E-state index in [0.29, 0.717) is 11.6 Å². The zero-order valence-electron chi connectivity index (χ0n) is 11.4. The Bertz CT molecular complexity index is 328. The van der Waals surface area contributed by atoms with Gasteiger partial charge in [0.05, 0.1) is 6.10 Å². The smallest absolute Gasteiger partial charge is 0.201 e. The van der Waals surface area contributed by atoms with E-state index in [9.17, 15) is 4.79 Å². The molecule has 3 aliphatic rings. The lowest BCUT2D eigenvalue weighted by Gasteiger charge is -2.60. The highest BCUT2D eigenvalue weighted by molar-refractivity contribution is 5.54. The molecule has 4 nitrogen and oxygen atoms in total. The molecule has 0 aromatic carbocycles. The molecule has 3 rings (SSSR count). The molecule has 4 heteroatoms. The molecule has 0 aromatic heterocycles. The summed E-state index contributed by atoms with van der Waals surface area (Å²) in [6.07, 6.45) is 8.08. The van der Waals surface area contributed by atoms with E-state index >= 15 is 0 Å². The van der Waals surface area contributed by atoms with Gasteiger partial charge in [-0.05, 0) is 46.2 Å². The predicted octanol–water partition coefficient (Wildman–Crippen LogP) is 1.02. The molecule has 1 spiro atoms. The van der Waals surface area contributed by atoms with Gasteiger partial charge in [0.15, 0.2) is 0 Å². The molecule has 18 heavy (non-hydrogen) atoms. The summed E-state index contributed by atoms with van der Waals surface area (Å²) in [7, 11) is 4.30. The number of ether oxygens (including phenoxy) is 1. The number of rotatable bonds is 3. The Kier molecular flexibility index (Phi) is 3.20. The van der Waals surface area contributed by atoms with Crippen LogP contribution in [0, 0.1) is 5.92 Å². The van der Waals surface area contributed by atoms with E-state index in [1.165, 1.54) is 25.8 Å². The second-order valence-electron chi connectivity index (χ2n) is 6.34. The molecule has 0 bridgehead atoms. The summed E-state index contributed by atoms with van der Waals surface area (Å²) in [5.41, 5.74) is 0.466. The molecule has 101 valence electrons. The van der Waals surface area contributed by atoms with Gasteiger partial charge in [0.25, 0.3) is 0 Å². The fourth-order valence-corrected chi connectivity index (χ4v) is 3.58. The third-order valence-corrected chi connectivity index (χ3v) is 5.26. The quantitative estimate of drug-likeness (QED) is 0.749. The average molecular weight is 251 g/mol. The van der Waals surface area contributed by atoms with Gasteiger partial charge in [0.1, 0.15) is 6.23 Å². The van der Waals surface area contributed by atoms with Crippen LogP contribution in [0.25, 0.3) is 0 Å². The van der Waals surface area contributed by atoms with Crippen LogP contribution in [0.3, 0.4) is 0 Å². The number of likely N-dealkylation sites (tertiary alicyclic amines) is 2. The molecule has 3 fully saturated rings. The van der Waals surface area contributed by atoms with Crippen LogP contribution in [-0.4, -0.2) is 61.1 Å². The Balaban J connectivity index is 1.49. The second-order valence-corrected chi connectivity index (χ2v) is 6.34. The Morgan fingerprint density at radius 3 is 2.61 bits per heavy atom. The maximum absolute atomic E-state index is 10.8. The Hall–Kier alpha value is -0.450. The fraction of sp³-hybridized carbons (Fsp3) is 0.929. The first-order chi connectivity index (χ1) is 8.63. The molecule has 2 aliphatic heterocycles. The van der Waals surface area contributed by atoms with Crippen molar-refractivity contribution in [3.63, 3.8) is 0 Å². The number of carbonyl (C=O) groups excluding carboxylic acids is 1. The van der Waals surface area contributed by atoms with E-state index in [0.717, 1.165) is 19.4 Å². The van der Waals surface area contributed by atoms with E-state index in [4.69, 9.17) is 4.74 Å². The summed E-state index contributed by atoms with van der Waals surface area (Å²) in [6.45, 7) is 2.18. The summed E-state index contributed by atoms with van der Waals surface area (Å²) >= 11 is 0. The summed E-state index contributed by atoms with van der Waals surface area (Å²) in [4.78, 5) is 15.5. The molecular weight excluding hydrogens is 228 g/mol. The topological polar surface area (TPSA) is 32.8 Å². The van der Waals surface area contributed by atoms with E-state index in [1.807, 2.05) is 0 Å². The number of hydrogen-bond acceptors (Lipinski definition) is 4. The summed E-state index contributed by atoms with van der Waals surface area (Å²) in [5, 5.41) is 0. The van der Waals surface area contributed by atoms with Gasteiger partial charge >= 0.3 is 0 Å². The highest BCUT2D eigenvalue weighted by Crippen LogP contribution is 2.48. The SMILES string of the molecule is CN1CCC([C]=O)CC1OC1CC2(CCN2C)C1. The molecule has 1 aliphatic carbocycles. The van der Waals surface area contributed by atoms with Crippen LogP contribution in [0.15, 0.2) is 0 Å². The van der Waals surface area contributed by atoms with Gasteiger partial charge in [0, 0.05) is 24.5 Å². The van der Waals surface area contributed by atoms with Gasteiger partial charge < -0.3 is 9.64 Å². The zero-order chi connectivity index (χ0) is 12.8. The molecule has 2 unspecified atom stereocenters. The van der Waals surface area contributed by atoms with Crippen LogP contribution < -0.4 is 0 Å². The highest BCUT2D eigenvalue weighted by Gasteiger charge is 2.53. The van der Waals surface area contributed by atoms with Gasteiger partial charge in [-0.2, -0.15) is 0 Å². The first-order valence-electron chi connectivity index (χ1n) is 7.07. The molecule has 1 saturated carbocycles. The van der Waals surface area contributed by atoms with Gasteiger partial charge in [-0.25, -0.2) is 0 Å². The third-order valence-electron chi connectivity index (χ3n) is 5.26. The minimum absolute atomic E-state index is 0.0756. The van der Waals surface area contributed by atoms with Crippen LogP contribution in [0.5, 0.6) is 0 Å². The first-order valence-corrected chi connectivity index (χ1v) is 7.07. The maximum atomic E-state index is 10.8. The van der Waals surface area contributed by atoms with Crippen molar-refractivity contribution in [3.05, 3.63) is 0 Å². The summed E-state index contributed by atoms with van der Waals surface area (Å²) in [6, 6.07) is 0. The lowest BCUT2D eigenvalue weighted by Crippen LogP contribution is -2.67. The van der Waals surface area contributed by atoms with Crippen LogP contribution >= 0.6 is 0 Å². The number of piperidine rings is 1. The van der Waals surface area contributed by atoms with Crippen molar-refractivity contribution in [2.75, 3.05) is 27.2 Å². The Morgan fingerprint density at radius 1 is 1.28 bits per heavy atom. The largest absolute Gasteiger partial charge is 0.360 e. The van der Waals surface area contributed by atoms with Crippen molar-refractivity contribution < 1.29 is 9.53 Å². The Labute approximate surface area is 109 Å². The van der Waals surface area contributed by atoms with Crippen molar-refractivity contribution in [2.45, 2.75) is 50.0 Å². The molecule has 0 amide bonds. The van der Waals surface area contributed by atoms with E-state index in [2.05, 4.69) is 30.2 Å². The van der Waals surface area contributed by atoms with Crippen molar-refractivity contribution in [3.8, 4) is 0 Å². The lowest BCUT2D eigenvalue weighted by atomic mass is 9.66. The van der Waals surface area contributed by atoms with E-state index in [1.54, 1.807) is 0 Å². The van der Waals surface area contributed by atoms with Gasteiger partial charge in [-0.3, -0.25) is 9.69 Å². The van der Waals surface area contributed by atoms with Crippen molar-refractivity contribution >= 4 is 6.29 Å². The van der Waals surface area contributed by atoms with Gasteiger partial charge in [-0.15, -0.1) is 0 Å². The molecular formula is C14H23N2O2. The van der Waals surface area contributed by atoms with Crippen LogP contribution in [0.1, 0.15) is 32.1 Å².